The summed E-state index contributed by atoms with van der Waals surface area (Å²) in [6.07, 6.45) is 7.96. The van der Waals surface area contributed by atoms with E-state index in [2.05, 4.69) is 41.1 Å². The maximum atomic E-state index is 13.1. The van der Waals surface area contributed by atoms with E-state index in [0.717, 1.165) is 48.4 Å². The van der Waals surface area contributed by atoms with Gasteiger partial charge in [-0.3, -0.25) is 5.32 Å². The Hall–Kier alpha value is -2.62. The molecule has 0 unspecified atom stereocenters. The molecule has 0 atom stereocenters. The lowest BCUT2D eigenvalue weighted by Gasteiger charge is -2.21. The Balaban J connectivity index is 1.55. The number of aromatic nitrogens is 1. The Labute approximate surface area is 221 Å². The van der Waals surface area contributed by atoms with Crippen LogP contribution in [0, 0.1) is 6.92 Å². The molecule has 3 aromatic heterocycles. The number of rotatable bonds is 7. The summed E-state index contributed by atoms with van der Waals surface area (Å²) in [6, 6.07) is 3.68. The summed E-state index contributed by atoms with van der Waals surface area (Å²) in [5.41, 5.74) is 3.25. The number of hydrogen-bond acceptors (Lipinski definition) is 6. The van der Waals surface area contributed by atoms with E-state index in [9.17, 15) is 9.59 Å². The van der Waals surface area contributed by atoms with E-state index in [4.69, 9.17) is 4.74 Å². The number of amides is 2. The highest BCUT2D eigenvalue weighted by molar-refractivity contribution is 7.17. The van der Waals surface area contributed by atoms with Crippen molar-refractivity contribution in [1.29, 1.82) is 0 Å². The molecule has 3 heterocycles. The minimum Gasteiger partial charge on any atom is -0.456 e. The third kappa shape index (κ3) is 6.02. The zero-order valence-electron chi connectivity index (χ0n) is 22.0. The van der Waals surface area contributed by atoms with Gasteiger partial charge in [-0.2, -0.15) is 0 Å². The van der Waals surface area contributed by atoms with Crippen LogP contribution in [0.4, 0.5) is 9.80 Å². The number of nitrogens with zero attached hydrogens (tertiary/aromatic N) is 2. The van der Waals surface area contributed by atoms with Crippen LogP contribution in [0.25, 0.3) is 5.00 Å². The number of aryl methyl sites for hydroxylation is 1. The summed E-state index contributed by atoms with van der Waals surface area (Å²) in [6.45, 7) is 8.93. The number of fused-ring (bicyclic) bond motifs is 1. The molecule has 1 aliphatic rings. The van der Waals surface area contributed by atoms with E-state index in [-0.39, 0.29) is 12.0 Å². The van der Waals surface area contributed by atoms with Gasteiger partial charge in [0.2, 0.25) is 0 Å². The largest absolute Gasteiger partial charge is 0.456 e. The Morgan fingerprint density at radius 1 is 1.11 bits per heavy atom. The Kier molecular flexibility index (Phi) is 7.92. The van der Waals surface area contributed by atoms with Gasteiger partial charge >= 0.3 is 12.0 Å². The van der Waals surface area contributed by atoms with Crippen molar-refractivity contribution in [2.24, 2.45) is 0 Å². The fourth-order valence-electron chi connectivity index (χ4n) is 4.42. The summed E-state index contributed by atoms with van der Waals surface area (Å²) in [4.78, 5) is 30.8. The number of anilines is 1. The molecular formula is C27H36N4O3S2. The van der Waals surface area contributed by atoms with Crippen LogP contribution in [0.15, 0.2) is 24.5 Å². The molecule has 7 nitrogen and oxygen atoms in total. The molecule has 0 fully saturated rings. The second-order valence-corrected chi connectivity index (χ2v) is 12.7. The summed E-state index contributed by atoms with van der Waals surface area (Å²) in [5.74, 6) is -0.367. The van der Waals surface area contributed by atoms with Crippen molar-refractivity contribution in [1.82, 2.24) is 14.8 Å². The first kappa shape index (κ1) is 26.4. The minimum atomic E-state index is -0.601. The van der Waals surface area contributed by atoms with Crippen molar-refractivity contribution < 1.29 is 14.3 Å². The molecule has 0 spiro atoms. The number of carbonyl (C=O) groups is 2. The van der Waals surface area contributed by atoms with Gasteiger partial charge in [-0.15, -0.1) is 22.7 Å². The molecule has 0 aliphatic heterocycles. The zero-order chi connectivity index (χ0) is 26.0. The van der Waals surface area contributed by atoms with Crippen molar-refractivity contribution in [3.05, 3.63) is 56.5 Å². The molecule has 9 heteroatoms. The summed E-state index contributed by atoms with van der Waals surface area (Å²) >= 11 is 3.25. The first-order chi connectivity index (χ1) is 17.0. The highest BCUT2D eigenvalue weighted by Crippen LogP contribution is 2.39. The highest BCUT2D eigenvalue weighted by Gasteiger charge is 2.30. The average molecular weight is 529 g/mol. The number of hydrogen-bond donors (Lipinski definition) is 2. The smallest absolute Gasteiger partial charge is 0.341 e. The predicted octanol–water partition coefficient (Wildman–Crippen LogP) is 6.13. The SMILES string of the molecule is Cc1c(CN(C)C)sc(-n2cccc2)c1CNC(=O)Nc1sc2c(c1C(=O)OC(C)(C)C)CCCC2. The molecule has 4 rings (SSSR count). The van der Waals surface area contributed by atoms with Crippen LogP contribution in [-0.4, -0.2) is 41.2 Å². The van der Waals surface area contributed by atoms with Gasteiger partial charge in [-0.25, -0.2) is 9.59 Å². The van der Waals surface area contributed by atoms with Crippen molar-refractivity contribution in [2.45, 2.75) is 72.1 Å². The van der Waals surface area contributed by atoms with E-state index in [0.29, 0.717) is 17.1 Å². The van der Waals surface area contributed by atoms with Gasteiger partial charge in [0.25, 0.3) is 0 Å². The molecule has 2 N–H and O–H groups in total. The molecule has 0 aromatic carbocycles. The highest BCUT2D eigenvalue weighted by atomic mass is 32.1. The Morgan fingerprint density at radius 2 is 1.81 bits per heavy atom. The molecule has 1 aliphatic carbocycles. The van der Waals surface area contributed by atoms with Crippen LogP contribution in [0.5, 0.6) is 0 Å². The number of urea groups is 1. The van der Waals surface area contributed by atoms with Gasteiger partial charge in [0, 0.05) is 40.8 Å². The van der Waals surface area contributed by atoms with E-state index in [1.165, 1.54) is 26.7 Å². The lowest BCUT2D eigenvalue weighted by atomic mass is 9.95. The third-order valence-electron chi connectivity index (χ3n) is 6.07. The van der Waals surface area contributed by atoms with Crippen LogP contribution in [-0.2, 0) is 30.7 Å². The molecule has 0 radical (unpaired) electrons. The van der Waals surface area contributed by atoms with Gasteiger partial charge in [-0.1, -0.05) is 0 Å². The van der Waals surface area contributed by atoms with Gasteiger partial charge in [0.1, 0.15) is 15.6 Å². The molecule has 0 saturated heterocycles. The Morgan fingerprint density at radius 3 is 2.47 bits per heavy atom. The molecular weight excluding hydrogens is 492 g/mol. The van der Waals surface area contributed by atoms with Gasteiger partial charge in [-0.05, 0) is 90.7 Å². The van der Waals surface area contributed by atoms with Crippen LogP contribution in [0.3, 0.4) is 0 Å². The summed E-state index contributed by atoms with van der Waals surface area (Å²) in [5, 5.41) is 7.70. The molecule has 3 aromatic rings. The fraction of sp³-hybridized carbons (Fsp3) is 0.481. The monoisotopic (exact) mass is 528 g/mol. The molecule has 2 amide bonds. The van der Waals surface area contributed by atoms with E-state index < -0.39 is 5.60 Å². The topological polar surface area (TPSA) is 75.6 Å². The van der Waals surface area contributed by atoms with Gasteiger partial charge in [0.15, 0.2) is 0 Å². The van der Waals surface area contributed by atoms with Gasteiger partial charge < -0.3 is 19.5 Å². The molecule has 0 saturated carbocycles. The maximum Gasteiger partial charge on any atom is 0.341 e. The molecule has 194 valence electrons. The van der Waals surface area contributed by atoms with Gasteiger partial charge in [0.05, 0.1) is 5.56 Å². The van der Waals surface area contributed by atoms with Crippen molar-refractivity contribution in [2.75, 3.05) is 19.4 Å². The van der Waals surface area contributed by atoms with Crippen molar-refractivity contribution in [3.63, 3.8) is 0 Å². The van der Waals surface area contributed by atoms with Crippen LogP contribution in [0.2, 0.25) is 0 Å². The van der Waals surface area contributed by atoms with Crippen LogP contribution < -0.4 is 10.6 Å². The maximum absolute atomic E-state index is 13.1. The number of nitrogens with one attached hydrogen (secondary N) is 2. The zero-order valence-corrected chi connectivity index (χ0v) is 23.6. The molecule has 36 heavy (non-hydrogen) atoms. The van der Waals surface area contributed by atoms with E-state index >= 15 is 0 Å². The first-order valence-corrected chi connectivity index (χ1v) is 14.0. The number of esters is 1. The van der Waals surface area contributed by atoms with Crippen molar-refractivity contribution in [3.8, 4) is 5.00 Å². The minimum absolute atomic E-state index is 0.323. The quantitative estimate of drug-likeness (QED) is 0.362. The lowest BCUT2D eigenvalue weighted by Crippen LogP contribution is -2.30. The number of ether oxygens (including phenoxy) is 1. The fourth-order valence-corrected chi connectivity index (χ4v) is 7.10. The van der Waals surface area contributed by atoms with Crippen LogP contribution in [0.1, 0.15) is 70.4 Å². The van der Waals surface area contributed by atoms with E-state index in [1.54, 1.807) is 11.3 Å². The second kappa shape index (κ2) is 10.8. The van der Waals surface area contributed by atoms with E-state index in [1.807, 2.05) is 45.3 Å². The first-order valence-electron chi connectivity index (χ1n) is 12.4. The summed E-state index contributed by atoms with van der Waals surface area (Å²) in [7, 11) is 4.12. The van der Waals surface area contributed by atoms with Crippen molar-refractivity contribution >= 4 is 39.7 Å². The number of thiophene rings is 2. The standard InChI is InChI=1S/C27H36N4O3S2/c1-17-19(24(31-13-9-10-14-31)36-21(17)16-30(5)6)15-28-26(33)29-23-22(25(32)34-27(2,3)4)18-11-7-8-12-20(18)35-23/h9-10,13-14H,7-8,11-12,15-16H2,1-6H3,(H2,28,29,33). The molecule has 0 bridgehead atoms. The second-order valence-electron chi connectivity index (χ2n) is 10.5. The predicted molar refractivity (Wildman–Crippen MR) is 148 cm³/mol. The normalized spacial score (nSPS) is 13.5. The Bertz CT molecular complexity index is 1230. The number of carbonyl (C=O) groups excluding carboxylic acids is 2. The lowest BCUT2D eigenvalue weighted by molar-refractivity contribution is 0.00699. The third-order valence-corrected chi connectivity index (χ3v) is 8.61. The summed E-state index contributed by atoms with van der Waals surface area (Å²) < 4.78 is 7.79. The average Bonchev–Trinajstić information content (AvgIpc) is 3.49. The van der Waals surface area contributed by atoms with Crippen LogP contribution >= 0.6 is 22.7 Å².